The zero-order valence-electron chi connectivity index (χ0n) is 23.6. The molecule has 3 rings (SSSR count). The maximum atomic E-state index is 14.1. The minimum atomic E-state index is -4.22. The van der Waals surface area contributed by atoms with Crippen molar-refractivity contribution in [1.82, 2.24) is 10.2 Å². The summed E-state index contributed by atoms with van der Waals surface area (Å²) in [5, 5.41) is 3.79. The molecule has 0 aromatic heterocycles. The highest BCUT2D eigenvalue weighted by Crippen LogP contribution is 2.31. The Kier molecular flexibility index (Phi) is 11.1. The van der Waals surface area contributed by atoms with E-state index in [0.717, 1.165) is 9.87 Å². The third-order valence-corrected chi connectivity index (χ3v) is 9.29. The van der Waals surface area contributed by atoms with E-state index in [1.54, 1.807) is 56.3 Å². The summed E-state index contributed by atoms with van der Waals surface area (Å²) >= 11 is 19.1. The fourth-order valence-electron chi connectivity index (χ4n) is 4.09. The monoisotopic (exact) mass is 637 g/mol. The number of carbonyl (C=O) groups excluding carboxylic acids is 2. The molecule has 41 heavy (non-hydrogen) atoms. The van der Waals surface area contributed by atoms with E-state index in [0.29, 0.717) is 32.7 Å². The molecule has 3 aromatic carbocycles. The van der Waals surface area contributed by atoms with Gasteiger partial charge in [-0.05, 0) is 68.7 Å². The van der Waals surface area contributed by atoms with E-state index >= 15 is 0 Å². The van der Waals surface area contributed by atoms with E-state index in [1.807, 2.05) is 20.8 Å². The van der Waals surface area contributed by atoms with E-state index in [4.69, 9.17) is 34.8 Å². The fraction of sp³-hybridized carbons (Fsp3) is 0.333. The number of anilines is 1. The van der Waals surface area contributed by atoms with Gasteiger partial charge in [0.1, 0.15) is 12.6 Å². The van der Waals surface area contributed by atoms with Crippen molar-refractivity contribution in [1.29, 1.82) is 0 Å². The fourth-order valence-corrected chi connectivity index (χ4v) is 6.24. The van der Waals surface area contributed by atoms with Gasteiger partial charge in [0, 0.05) is 33.7 Å². The Morgan fingerprint density at radius 1 is 0.902 bits per heavy atom. The number of nitrogens with zero attached hydrogens (tertiary/aromatic N) is 2. The molecule has 0 unspecified atom stereocenters. The lowest BCUT2D eigenvalue weighted by Gasteiger charge is -2.33. The lowest BCUT2D eigenvalue weighted by Crippen LogP contribution is -2.51. The number of hydrogen-bond donors (Lipinski definition) is 1. The molecule has 0 aliphatic rings. The van der Waals surface area contributed by atoms with Crippen LogP contribution in [0.1, 0.15) is 37.5 Å². The lowest BCUT2D eigenvalue weighted by molar-refractivity contribution is -0.139. The Morgan fingerprint density at radius 3 is 2.10 bits per heavy atom. The van der Waals surface area contributed by atoms with Crippen LogP contribution in [0.25, 0.3) is 0 Å². The first-order valence-electron chi connectivity index (χ1n) is 13.1. The van der Waals surface area contributed by atoms with E-state index < -0.39 is 28.5 Å². The van der Waals surface area contributed by atoms with Crippen LogP contribution in [-0.4, -0.2) is 44.3 Å². The molecular weight excluding hydrogens is 605 g/mol. The number of carbonyl (C=O) groups is 2. The van der Waals surface area contributed by atoms with E-state index in [2.05, 4.69) is 5.32 Å². The number of benzene rings is 3. The number of hydrogen-bond acceptors (Lipinski definition) is 4. The van der Waals surface area contributed by atoms with Crippen LogP contribution in [0.15, 0.2) is 65.6 Å². The van der Waals surface area contributed by atoms with Crippen molar-refractivity contribution in [3.8, 4) is 0 Å². The first-order chi connectivity index (χ1) is 19.2. The van der Waals surface area contributed by atoms with Crippen LogP contribution >= 0.6 is 34.8 Å². The quantitative estimate of drug-likeness (QED) is 0.255. The standard InChI is InChI=1S/C30H34Cl3N3O4S/c1-19(2)16-34-30(38)22(5)35(17-25-26(32)7-6-8-27(25)33)29(37)18-36(28-15-23(31)12-11-21(28)4)41(39,40)24-13-9-20(3)10-14-24/h6-15,19,22H,16-18H2,1-5H3,(H,34,38)/t22-/m0/s1. The Hall–Kier alpha value is -2.78. The number of halogens is 3. The second-order valence-corrected chi connectivity index (χ2v) is 13.4. The average molecular weight is 639 g/mol. The predicted octanol–water partition coefficient (Wildman–Crippen LogP) is 6.65. The van der Waals surface area contributed by atoms with Crippen molar-refractivity contribution >= 4 is 62.3 Å². The van der Waals surface area contributed by atoms with Gasteiger partial charge in [-0.25, -0.2) is 8.42 Å². The number of rotatable bonds is 11. The third kappa shape index (κ3) is 8.16. The molecular formula is C30H34Cl3N3O4S. The van der Waals surface area contributed by atoms with Gasteiger partial charge in [-0.3, -0.25) is 13.9 Å². The Morgan fingerprint density at radius 2 is 1.51 bits per heavy atom. The van der Waals surface area contributed by atoms with Crippen molar-refractivity contribution in [2.24, 2.45) is 5.92 Å². The smallest absolute Gasteiger partial charge is 0.264 e. The van der Waals surface area contributed by atoms with Crippen LogP contribution in [0.4, 0.5) is 5.69 Å². The molecule has 0 aliphatic heterocycles. The van der Waals surface area contributed by atoms with Gasteiger partial charge in [-0.15, -0.1) is 0 Å². The average Bonchev–Trinajstić information content (AvgIpc) is 2.91. The van der Waals surface area contributed by atoms with Crippen molar-refractivity contribution < 1.29 is 18.0 Å². The summed E-state index contributed by atoms with van der Waals surface area (Å²) < 4.78 is 29.0. The molecule has 2 amide bonds. The molecule has 0 spiro atoms. The Balaban J connectivity index is 2.09. The molecule has 0 saturated heterocycles. The third-order valence-electron chi connectivity index (χ3n) is 6.57. The highest BCUT2D eigenvalue weighted by atomic mass is 35.5. The maximum Gasteiger partial charge on any atom is 0.264 e. The summed E-state index contributed by atoms with van der Waals surface area (Å²) in [7, 11) is -4.22. The van der Waals surface area contributed by atoms with Crippen molar-refractivity contribution in [3.05, 3.63) is 92.4 Å². The Bertz CT molecular complexity index is 1490. The van der Waals surface area contributed by atoms with E-state index in [9.17, 15) is 18.0 Å². The molecule has 3 aromatic rings. The lowest BCUT2D eigenvalue weighted by atomic mass is 10.1. The van der Waals surface area contributed by atoms with Gasteiger partial charge in [-0.2, -0.15) is 0 Å². The molecule has 0 fully saturated rings. The number of amides is 2. The van der Waals surface area contributed by atoms with Crippen molar-refractivity contribution in [2.75, 3.05) is 17.4 Å². The van der Waals surface area contributed by atoms with Crippen LogP contribution < -0.4 is 9.62 Å². The maximum absolute atomic E-state index is 14.1. The number of aryl methyl sites for hydroxylation is 2. The molecule has 0 saturated carbocycles. The largest absolute Gasteiger partial charge is 0.354 e. The first-order valence-corrected chi connectivity index (χ1v) is 15.7. The molecule has 1 atom stereocenters. The molecule has 0 radical (unpaired) electrons. The van der Waals surface area contributed by atoms with Crippen LogP contribution in [0.2, 0.25) is 15.1 Å². The van der Waals surface area contributed by atoms with Crippen LogP contribution in [-0.2, 0) is 26.2 Å². The van der Waals surface area contributed by atoms with Gasteiger partial charge >= 0.3 is 0 Å². The van der Waals surface area contributed by atoms with Gasteiger partial charge in [0.2, 0.25) is 11.8 Å². The molecule has 11 heteroatoms. The molecule has 7 nitrogen and oxygen atoms in total. The normalized spacial score (nSPS) is 12.2. The molecule has 0 heterocycles. The number of sulfonamides is 1. The van der Waals surface area contributed by atoms with Gasteiger partial charge in [-0.1, -0.05) is 78.5 Å². The van der Waals surface area contributed by atoms with Gasteiger partial charge < -0.3 is 10.2 Å². The Labute approximate surface area is 257 Å². The minimum Gasteiger partial charge on any atom is -0.354 e. The zero-order valence-corrected chi connectivity index (χ0v) is 26.7. The summed E-state index contributed by atoms with van der Waals surface area (Å²) in [6.45, 7) is 8.79. The second kappa shape index (κ2) is 13.9. The topological polar surface area (TPSA) is 86.8 Å². The predicted molar refractivity (Wildman–Crippen MR) is 166 cm³/mol. The first kappa shape index (κ1) is 32.7. The minimum absolute atomic E-state index is 0.0127. The summed E-state index contributed by atoms with van der Waals surface area (Å²) in [4.78, 5) is 28.5. The second-order valence-electron chi connectivity index (χ2n) is 10.3. The SMILES string of the molecule is Cc1ccc(S(=O)(=O)N(CC(=O)N(Cc2c(Cl)cccc2Cl)[C@@H](C)C(=O)NCC(C)C)c2cc(Cl)ccc2C)cc1. The number of nitrogens with one attached hydrogen (secondary N) is 1. The van der Waals surface area contributed by atoms with Gasteiger partial charge in [0.15, 0.2) is 0 Å². The summed E-state index contributed by atoms with van der Waals surface area (Å²) in [5.41, 5.74) is 2.18. The summed E-state index contributed by atoms with van der Waals surface area (Å²) in [6.07, 6.45) is 0. The van der Waals surface area contributed by atoms with Gasteiger partial charge in [0.25, 0.3) is 10.0 Å². The highest BCUT2D eigenvalue weighted by molar-refractivity contribution is 7.92. The zero-order chi connectivity index (χ0) is 30.5. The van der Waals surface area contributed by atoms with Crippen LogP contribution in [0.5, 0.6) is 0 Å². The van der Waals surface area contributed by atoms with Crippen molar-refractivity contribution in [2.45, 2.75) is 52.1 Å². The van der Waals surface area contributed by atoms with E-state index in [-0.39, 0.29) is 29.0 Å². The van der Waals surface area contributed by atoms with Crippen LogP contribution in [0, 0.1) is 19.8 Å². The highest BCUT2D eigenvalue weighted by Gasteiger charge is 2.33. The van der Waals surface area contributed by atoms with Gasteiger partial charge in [0.05, 0.1) is 10.6 Å². The molecule has 220 valence electrons. The van der Waals surface area contributed by atoms with Crippen LogP contribution in [0.3, 0.4) is 0 Å². The molecule has 0 bridgehead atoms. The summed E-state index contributed by atoms with van der Waals surface area (Å²) in [6, 6.07) is 15.2. The summed E-state index contributed by atoms with van der Waals surface area (Å²) in [5.74, 6) is -0.820. The van der Waals surface area contributed by atoms with E-state index in [1.165, 1.54) is 23.1 Å². The molecule has 0 aliphatic carbocycles. The van der Waals surface area contributed by atoms with Crippen molar-refractivity contribution in [3.63, 3.8) is 0 Å². The molecule has 1 N–H and O–H groups in total.